The van der Waals surface area contributed by atoms with E-state index in [-0.39, 0.29) is 31.1 Å². The minimum atomic E-state index is -0.524. The number of ether oxygens (including phenoxy) is 3. The highest BCUT2D eigenvalue weighted by atomic mass is 16.6. The van der Waals surface area contributed by atoms with Gasteiger partial charge in [-0.05, 0) is 33.6 Å². The zero-order valence-corrected chi connectivity index (χ0v) is 12.8. The number of hydrogen-bond acceptors (Lipinski definition) is 6. The molecule has 0 spiro atoms. The molecular weight excluding hydrogens is 262 g/mol. The van der Waals surface area contributed by atoms with Gasteiger partial charge in [0.05, 0.1) is 20.2 Å². The first-order valence-electron chi connectivity index (χ1n) is 6.92. The molecule has 1 saturated heterocycles. The van der Waals surface area contributed by atoms with Gasteiger partial charge in [-0.1, -0.05) is 0 Å². The van der Waals surface area contributed by atoms with Crippen molar-refractivity contribution in [1.82, 2.24) is 4.90 Å². The van der Waals surface area contributed by atoms with E-state index < -0.39 is 5.60 Å². The van der Waals surface area contributed by atoms with Gasteiger partial charge in [-0.25, -0.2) is 0 Å². The van der Waals surface area contributed by atoms with E-state index in [4.69, 9.17) is 14.2 Å². The molecule has 1 fully saturated rings. The summed E-state index contributed by atoms with van der Waals surface area (Å²) in [6.07, 6.45) is 1.61. The number of esters is 2. The Labute approximate surface area is 120 Å². The van der Waals surface area contributed by atoms with E-state index in [1.54, 1.807) is 0 Å². The van der Waals surface area contributed by atoms with Crippen LogP contribution in [0.2, 0.25) is 0 Å². The Bertz CT molecular complexity index is 331. The zero-order valence-electron chi connectivity index (χ0n) is 12.8. The maximum Gasteiger partial charge on any atom is 0.320 e. The normalized spacial score (nSPS) is 17.1. The van der Waals surface area contributed by atoms with Gasteiger partial charge in [0.2, 0.25) is 0 Å². The smallest absolute Gasteiger partial charge is 0.320 e. The second-order valence-electron chi connectivity index (χ2n) is 5.91. The summed E-state index contributed by atoms with van der Waals surface area (Å²) in [7, 11) is 1.35. The Balaban J connectivity index is 2.61. The molecule has 1 aliphatic heterocycles. The lowest BCUT2D eigenvalue weighted by Gasteiger charge is -2.33. The molecule has 0 aromatic carbocycles. The molecule has 0 aliphatic carbocycles. The molecule has 0 saturated carbocycles. The van der Waals surface area contributed by atoms with E-state index in [0.29, 0.717) is 13.2 Å². The molecule has 6 heteroatoms. The zero-order chi connectivity index (χ0) is 15.2. The highest BCUT2D eigenvalue weighted by molar-refractivity contribution is 5.75. The molecule has 0 unspecified atom stereocenters. The molecule has 0 atom stereocenters. The minimum absolute atomic E-state index is 0.0943. The molecule has 0 bridgehead atoms. The first kappa shape index (κ1) is 16.9. The van der Waals surface area contributed by atoms with Crippen LogP contribution in [-0.2, 0) is 23.8 Å². The molecule has 0 N–H and O–H groups in total. The largest absolute Gasteiger partial charge is 0.468 e. The summed E-state index contributed by atoms with van der Waals surface area (Å²) in [6.45, 7) is 6.96. The van der Waals surface area contributed by atoms with Crippen molar-refractivity contribution < 1.29 is 23.8 Å². The van der Waals surface area contributed by atoms with Gasteiger partial charge >= 0.3 is 11.9 Å². The van der Waals surface area contributed by atoms with E-state index in [0.717, 1.165) is 12.8 Å². The monoisotopic (exact) mass is 287 g/mol. The van der Waals surface area contributed by atoms with Crippen molar-refractivity contribution in [1.29, 1.82) is 0 Å². The molecule has 0 amide bonds. The molecule has 0 aromatic heterocycles. The van der Waals surface area contributed by atoms with Crippen molar-refractivity contribution in [2.24, 2.45) is 0 Å². The number of methoxy groups -OCH3 is 1. The predicted molar refractivity (Wildman–Crippen MR) is 73.3 cm³/mol. The Kier molecular flexibility index (Phi) is 6.42. The highest BCUT2D eigenvalue weighted by Crippen LogP contribution is 2.15. The van der Waals surface area contributed by atoms with Crippen LogP contribution in [0.15, 0.2) is 0 Å². The van der Waals surface area contributed by atoms with Crippen LogP contribution < -0.4 is 0 Å². The quantitative estimate of drug-likeness (QED) is 0.702. The van der Waals surface area contributed by atoms with Crippen LogP contribution in [0.4, 0.5) is 0 Å². The van der Waals surface area contributed by atoms with Crippen molar-refractivity contribution in [2.75, 3.05) is 33.4 Å². The number of hydrogen-bond donors (Lipinski definition) is 0. The maximum absolute atomic E-state index is 11.9. The standard InChI is InChI=1S/C14H25NO5/c1-14(2,3)20-13(17)10-15(9-12(16)18-4)11-5-7-19-8-6-11/h11H,5-10H2,1-4H3. The van der Waals surface area contributed by atoms with Gasteiger partial charge < -0.3 is 14.2 Å². The van der Waals surface area contributed by atoms with E-state index in [1.165, 1.54) is 7.11 Å². The van der Waals surface area contributed by atoms with Gasteiger partial charge in [-0.3, -0.25) is 14.5 Å². The topological polar surface area (TPSA) is 65.1 Å². The van der Waals surface area contributed by atoms with Crippen LogP contribution in [-0.4, -0.2) is 61.9 Å². The number of rotatable bonds is 5. The Morgan fingerprint density at radius 2 is 1.70 bits per heavy atom. The lowest BCUT2D eigenvalue weighted by molar-refractivity contribution is -0.158. The van der Waals surface area contributed by atoms with Gasteiger partial charge in [0.1, 0.15) is 5.60 Å². The van der Waals surface area contributed by atoms with Crippen LogP contribution in [0, 0.1) is 0 Å². The number of nitrogens with zero attached hydrogens (tertiary/aromatic N) is 1. The average Bonchev–Trinajstić information content (AvgIpc) is 2.36. The SMILES string of the molecule is COC(=O)CN(CC(=O)OC(C)(C)C)C1CCOCC1. The van der Waals surface area contributed by atoms with E-state index in [1.807, 2.05) is 25.7 Å². The summed E-state index contributed by atoms with van der Waals surface area (Å²) in [6, 6.07) is 0.148. The highest BCUT2D eigenvalue weighted by Gasteiger charge is 2.27. The van der Waals surface area contributed by atoms with Crippen molar-refractivity contribution in [3.05, 3.63) is 0 Å². The molecule has 116 valence electrons. The van der Waals surface area contributed by atoms with Crippen LogP contribution in [0.5, 0.6) is 0 Å². The summed E-state index contributed by atoms with van der Waals surface area (Å²) < 4.78 is 15.3. The molecule has 0 radical (unpaired) electrons. The fourth-order valence-electron chi connectivity index (χ4n) is 2.13. The molecule has 20 heavy (non-hydrogen) atoms. The molecular formula is C14H25NO5. The Hall–Kier alpha value is -1.14. The minimum Gasteiger partial charge on any atom is -0.468 e. The van der Waals surface area contributed by atoms with Crippen molar-refractivity contribution in [2.45, 2.75) is 45.3 Å². The molecule has 6 nitrogen and oxygen atoms in total. The van der Waals surface area contributed by atoms with Crippen molar-refractivity contribution in [3.63, 3.8) is 0 Å². The Morgan fingerprint density at radius 3 is 2.20 bits per heavy atom. The summed E-state index contributed by atoms with van der Waals surface area (Å²) in [5.41, 5.74) is -0.524. The molecule has 1 aliphatic rings. The average molecular weight is 287 g/mol. The van der Waals surface area contributed by atoms with Crippen LogP contribution in [0.1, 0.15) is 33.6 Å². The van der Waals surface area contributed by atoms with E-state index >= 15 is 0 Å². The lowest BCUT2D eigenvalue weighted by atomic mass is 10.1. The number of carbonyl (C=O) groups excluding carboxylic acids is 2. The third-order valence-electron chi connectivity index (χ3n) is 3.02. The summed E-state index contributed by atoms with van der Waals surface area (Å²) >= 11 is 0. The molecule has 1 rings (SSSR count). The van der Waals surface area contributed by atoms with E-state index in [2.05, 4.69) is 0 Å². The van der Waals surface area contributed by atoms with Gasteiger partial charge in [-0.2, -0.15) is 0 Å². The second kappa shape index (κ2) is 7.59. The fraction of sp³-hybridized carbons (Fsp3) is 0.857. The third kappa shape index (κ3) is 6.34. The van der Waals surface area contributed by atoms with E-state index in [9.17, 15) is 9.59 Å². The molecule has 0 aromatic rings. The third-order valence-corrected chi connectivity index (χ3v) is 3.02. The van der Waals surface area contributed by atoms with Crippen molar-refractivity contribution >= 4 is 11.9 Å². The maximum atomic E-state index is 11.9. The predicted octanol–water partition coefficient (Wildman–Crippen LogP) is 0.982. The van der Waals surface area contributed by atoms with Crippen LogP contribution in [0.25, 0.3) is 0 Å². The van der Waals surface area contributed by atoms with Gasteiger partial charge in [-0.15, -0.1) is 0 Å². The van der Waals surface area contributed by atoms with Gasteiger partial charge in [0, 0.05) is 19.3 Å². The summed E-state index contributed by atoms with van der Waals surface area (Å²) in [5, 5.41) is 0. The summed E-state index contributed by atoms with van der Waals surface area (Å²) in [5.74, 6) is -0.673. The van der Waals surface area contributed by atoms with Gasteiger partial charge in [0.25, 0.3) is 0 Å². The number of carbonyl (C=O) groups is 2. The van der Waals surface area contributed by atoms with Gasteiger partial charge in [0.15, 0.2) is 0 Å². The first-order valence-corrected chi connectivity index (χ1v) is 6.92. The lowest BCUT2D eigenvalue weighted by Crippen LogP contribution is -2.46. The fourth-order valence-corrected chi connectivity index (χ4v) is 2.13. The summed E-state index contributed by atoms with van der Waals surface area (Å²) in [4.78, 5) is 25.2. The van der Waals surface area contributed by atoms with Crippen molar-refractivity contribution in [3.8, 4) is 0 Å². The first-order chi connectivity index (χ1) is 9.31. The second-order valence-corrected chi connectivity index (χ2v) is 5.91. The van der Waals surface area contributed by atoms with Crippen LogP contribution in [0.3, 0.4) is 0 Å². The van der Waals surface area contributed by atoms with Crippen LogP contribution >= 0.6 is 0 Å². The molecule has 1 heterocycles. The Morgan fingerprint density at radius 1 is 1.15 bits per heavy atom.